The van der Waals surface area contributed by atoms with Gasteiger partial charge in [-0.15, -0.1) is 0 Å². The summed E-state index contributed by atoms with van der Waals surface area (Å²) in [6, 6.07) is 4.95. The van der Waals surface area contributed by atoms with Crippen LogP contribution in [0.25, 0.3) is 0 Å². The largest absolute Gasteiger partial charge is 0.282 e. The second-order valence-corrected chi connectivity index (χ2v) is 5.02. The van der Waals surface area contributed by atoms with E-state index in [2.05, 4.69) is 6.92 Å². The first-order chi connectivity index (χ1) is 7.15. The van der Waals surface area contributed by atoms with E-state index < -0.39 is 0 Å². The minimum absolute atomic E-state index is 0.0186. The molecule has 0 N–H and O–H groups in total. The molecule has 1 nitrogen and oxygen atoms in total. The lowest BCUT2D eigenvalue weighted by Gasteiger charge is -2.02. The minimum Gasteiger partial charge on any atom is -0.282 e. The van der Waals surface area contributed by atoms with Crippen molar-refractivity contribution in [3.63, 3.8) is 0 Å². The van der Waals surface area contributed by atoms with E-state index in [1.165, 1.54) is 11.8 Å². The molecule has 82 valence electrons. The summed E-state index contributed by atoms with van der Waals surface area (Å²) < 4.78 is 0. The number of thioether (sulfide) groups is 1. The minimum atomic E-state index is 0.0186. The van der Waals surface area contributed by atoms with Crippen LogP contribution in [0.15, 0.2) is 18.2 Å². The summed E-state index contributed by atoms with van der Waals surface area (Å²) in [5.74, 6) is 0.842. The van der Waals surface area contributed by atoms with Crippen molar-refractivity contribution in [2.24, 2.45) is 0 Å². The van der Waals surface area contributed by atoms with E-state index in [9.17, 15) is 4.79 Å². The third-order valence-corrected chi connectivity index (χ3v) is 3.40. The zero-order valence-electron chi connectivity index (χ0n) is 8.43. The Labute approximate surface area is 104 Å². The Morgan fingerprint density at radius 2 is 2.13 bits per heavy atom. The number of carbonyl (C=O) groups is 1. The molecule has 15 heavy (non-hydrogen) atoms. The third kappa shape index (κ3) is 4.06. The Morgan fingerprint density at radius 3 is 2.73 bits per heavy atom. The molecule has 0 aliphatic heterocycles. The molecule has 0 aliphatic rings. The molecular formula is C11H12Cl2OS. The van der Waals surface area contributed by atoms with Crippen molar-refractivity contribution in [2.75, 3.05) is 5.75 Å². The van der Waals surface area contributed by atoms with E-state index in [0.29, 0.717) is 15.6 Å². The third-order valence-electron chi connectivity index (χ3n) is 1.88. The van der Waals surface area contributed by atoms with Crippen LogP contribution < -0.4 is 0 Å². The molecule has 0 saturated carbocycles. The zero-order valence-corrected chi connectivity index (χ0v) is 10.8. The molecule has 0 aliphatic carbocycles. The molecule has 0 bridgehead atoms. The van der Waals surface area contributed by atoms with Crippen LogP contribution in [0.5, 0.6) is 0 Å². The highest BCUT2D eigenvalue weighted by atomic mass is 35.5. The highest BCUT2D eigenvalue weighted by Gasteiger charge is 2.10. The maximum absolute atomic E-state index is 11.7. The maximum atomic E-state index is 11.7. The van der Waals surface area contributed by atoms with Gasteiger partial charge in [-0.1, -0.05) is 48.3 Å². The summed E-state index contributed by atoms with van der Waals surface area (Å²) in [4.78, 5) is 11.7. The van der Waals surface area contributed by atoms with Crippen LogP contribution in [-0.2, 0) is 0 Å². The molecule has 1 aromatic rings. The fourth-order valence-corrected chi connectivity index (χ4v) is 2.54. The van der Waals surface area contributed by atoms with Crippen molar-refractivity contribution in [2.45, 2.75) is 19.8 Å². The molecular weight excluding hydrogens is 251 g/mol. The second kappa shape index (κ2) is 6.41. The van der Waals surface area contributed by atoms with Crippen LogP contribution in [0.3, 0.4) is 0 Å². The number of rotatable bonds is 4. The van der Waals surface area contributed by atoms with Gasteiger partial charge < -0.3 is 0 Å². The summed E-state index contributed by atoms with van der Waals surface area (Å²) in [7, 11) is 0. The van der Waals surface area contributed by atoms with Gasteiger partial charge in [-0.3, -0.25) is 4.79 Å². The standard InChI is InChI=1S/C11H12Cl2OS/c1-2-3-6-15-11(14)9-5-4-8(12)7-10(9)13/h4-5,7H,2-3,6H2,1H3. The van der Waals surface area contributed by atoms with E-state index in [0.717, 1.165) is 18.6 Å². The number of hydrogen-bond donors (Lipinski definition) is 0. The van der Waals surface area contributed by atoms with Crippen LogP contribution in [0, 0.1) is 0 Å². The second-order valence-electron chi connectivity index (χ2n) is 3.11. The normalized spacial score (nSPS) is 10.3. The fourth-order valence-electron chi connectivity index (χ4n) is 1.04. The summed E-state index contributed by atoms with van der Waals surface area (Å²) in [5, 5.41) is 0.997. The van der Waals surface area contributed by atoms with Crippen LogP contribution in [0.2, 0.25) is 10.0 Å². The van der Waals surface area contributed by atoms with Crippen molar-refractivity contribution >= 4 is 40.1 Å². The van der Waals surface area contributed by atoms with Crippen molar-refractivity contribution in [3.05, 3.63) is 33.8 Å². The molecule has 0 fully saturated rings. The van der Waals surface area contributed by atoms with E-state index in [-0.39, 0.29) is 5.12 Å². The number of benzene rings is 1. The lowest BCUT2D eigenvalue weighted by atomic mass is 10.2. The summed E-state index contributed by atoms with van der Waals surface area (Å²) in [5.41, 5.74) is 0.544. The number of halogens is 2. The van der Waals surface area contributed by atoms with E-state index in [1.54, 1.807) is 18.2 Å². The molecule has 1 aromatic carbocycles. The average Bonchev–Trinajstić information content (AvgIpc) is 2.17. The molecule has 0 atom stereocenters. The topological polar surface area (TPSA) is 17.1 Å². The Balaban J connectivity index is 2.65. The molecule has 0 unspecified atom stereocenters. The molecule has 0 aromatic heterocycles. The Morgan fingerprint density at radius 1 is 1.40 bits per heavy atom. The molecule has 0 spiro atoms. The Bertz CT molecular complexity index is 352. The predicted molar refractivity (Wildman–Crippen MR) is 68.2 cm³/mol. The van der Waals surface area contributed by atoms with Gasteiger partial charge in [0.25, 0.3) is 0 Å². The van der Waals surface area contributed by atoms with Crippen molar-refractivity contribution in [3.8, 4) is 0 Å². The van der Waals surface area contributed by atoms with Crippen molar-refractivity contribution in [1.29, 1.82) is 0 Å². The van der Waals surface area contributed by atoms with Gasteiger partial charge >= 0.3 is 0 Å². The first-order valence-electron chi connectivity index (χ1n) is 4.77. The Kier molecular flexibility index (Phi) is 5.51. The monoisotopic (exact) mass is 262 g/mol. The summed E-state index contributed by atoms with van der Waals surface area (Å²) >= 11 is 13.0. The smallest absolute Gasteiger partial charge is 0.220 e. The molecule has 0 heterocycles. The number of carbonyl (C=O) groups excluding carboxylic acids is 1. The zero-order chi connectivity index (χ0) is 11.3. The van der Waals surface area contributed by atoms with Gasteiger partial charge in [-0.05, 0) is 24.6 Å². The quantitative estimate of drug-likeness (QED) is 0.734. The number of unbranched alkanes of at least 4 members (excludes halogenated alkanes) is 1. The average molecular weight is 263 g/mol. The van der Waals surface area contributed by atoms with Crippen LogP contribution in [0.1, 0.15) is 30.1 Å². The van der Waals surface area contributed by atoms with Crippen molar-refractivity contribution < 1.29 is 4.79 Å². The molecule has 4 heteroatoms. The molecule has 0 radical (unpaired) electrons. The van der Waals surface area contributed by atoms with Gasteiger partial charge in [-0.2, -0.15) is 0 Å². The van der Waals surface area contributed by atoms with Crippen molar-refractivity contribution in [1.82, 2.24) is 0 Å². The SMILES string of the molecule is CCCCSC(=O)c1ccc(Cl)cc1Cl. The van der Waals surface area contributed by atoms with Gasteiger partial charge in [-0.25, -0.2) is 0 Å². The number of hydrogen-bond acceptors (Lipinski definition) is 2. The van der Waals surface area contributed by atoms with E-state index >= 15 is 0 Å². The van der Waals surface area contributed by atoms with Gasteiger partial charge in [0.05, 0.1) is 5.02 Å². The Hall–Kier alpha value is -0.180. The van der Waals surface area contributed by atoms with Crippen LogP contribution >= 0.6 is 35.0 Å². The van der Waals surface area contributed by atoms with Crippen LogP contribution in [0.4, 0.5) is 0 Å². The van der Waals surface area contributed by atoms with E-state index in [1.807, 2.05) is 0 Å². The molecule has 0 saturated heterocycles. The first kappa shape index (κ1) is 12.9. The summed E-state index contributed by atoms with van der Waals surface area (Å²) in [6.07, 6.45) is 2.14. The lowest BCUT2D eigenvalue weighted by Crippen LogP contribution is -1.96. The van der Waals surface area contributed by atoms with Gasteiger partial charge in [0, 0.05) is 16.3 Å². The van der Waals surface area contributed by atoms with Crippen LogP contribution in [-0.4, -0.2) is 10.9 Å². The van der Waals surface area contributed by atoms with Gasteiger partial charge in [0.15, 0.2) is 0 Å². The fraction of sp³-hybridized carbons (Fsp3) is 0.364. The highest BCUT2D eigenvalue weighted by Crippen LogP contribution is 2.25. The summed E-state index contributed by atoms with van der Waals surface area (Å²) in [6.45, 7) is 2.10. The van der Waals surface area contributed by atoms with E-state index in [4.69, 9.17) is 23.2 Å². The van der Waals surface area contributed by atoms with Gasteiger partial charge in [0.1, 0.15) is 0 Å². The van der Waals surface area contributed by atoms with Gasteiger partial charge in [0.2, 0.25) is 5.12 Å². The first-order valence-corrected chi connectivity index (χ1v) is 6.51. The maximum Gasteiger partial charge on any atom is 0.220 e. The highest BCUT2D eigenvalue weighted by molar-refractivity contribution is 8.14. The lowest BCUT2D eigenvalue weighted by molar-refractivity contribution is 0.108. The molecule has 1 rings (SSSR count). The predicted octanol–water partition coefficient (Wildman–Crippen LogP) is 4.67. The molecule has 0 amide bonds.